The zero-order valence-electron chi connectivity index (χ0n) is 12.8. The number of H-pyrrole nitrogens is 1. The molecule has 2 N–H and O–H groups in total. The van der Waals surface area contributed by atoms with Crippen LogP contribution >= 0.6 is 0 Å². The number of carboxylic acid groups (broad SMARTS) is 1. The number of aryl methyl sites for hydroxylation is 2. The minimum absolute atomic E-state index is 0.0264. The number of rotatable bonds is 3. The van der Waals surface area contributed by atoms with E-state index in [9.17, 15) is 4.79 Å². The van der Waals surface area contributed by atoms with Gasteiger partial charge in [0.25, 0.3) is 12.0 Å². The fourth-order valence-corrected chi connectivity index (χ4v) is 2.68. The van der Waals surface area contributed by atoms with Gasteiger partial charge in [0.05, 0.1) is 11.8 Å². The molecule has 0 saturated heterocycles. The van der Waals surface area contributed by atoms with Crippen LogP contribution in [0.15, 0.2) is 59.9 Å². The van der Waals surface area contributed by atoms with E-state index in [1.165, 1.54) is 10.9 Å². The number of benzene rings is 1. The molecule has 0 radical (unpaired) electrons. The molecule has 0 unspecified atom stereocenters. The number of nitrogens with one attached hydrogen (secondary N) is 1. The van der Waals surface area contributed by atoms with Gasteiger partial charge in [-0.15, -0.1) is 0 Å². The Bertz CT molecular complexity index is 1030. The van der Waals surface area contributed by atoms with Gasteiger partial charge >= 0.3 is 0 Å². The lowest BCUT2D eigenvalue weighted by atomic mass is 10.2. The SMILES string of the molecule is O=CO.O=c1c2[nH]ccc2ncn1CCn1ccc2ccccc21. The van der Waals surface area contributed by atoms with Gasteiger partial charge in [0.1, 0.15) is 5.52 Å². The molecule has 0 aliphatic carbocycles. The summed E-state index contributed by atoms with van der Waals surface area (Å²) in [6.45, 7) is 1.08. The summed E-state index contributed by atoms with van der Waals surface area (Å²) in [5.74, 6) is 0. The summed E-state index contributed by atoms with van der Waals surface area (Å²) < 4.78 is 3.80. The summed E-state index contributed by atoms with van der Waals surface area (Å²) in [6, 6.07) is 12.1. The highest BCUT2D eigenvalue weighted by molar-refractivity contribution is 5.79. The molecule has 0 bridgehead atoms. The van der Waals surface area contributed by atoms with E-state index in [1.54, 1.807) is 23.2 Å². The first-order valence-corrected chi connectivity index (χ1v) is 7.39. The number of aromatic amines is 1. The Labute approximate surface area is 136 Å². The number of nitrogens with zero attached hydrogens (tertiary/aromatic N) is 3. The summed E-state index contributed by atoms with van der Waals surface area (Å²) in [4.78, 5) is 27.9. The van der Waals surface area contributed by atoms with Crippen molar-refractivity contribution in [3.8, 4) is 0 Å². The van der Waals surface area contributed by atoms with E-state index < -0.39 is 0 Å². The molecule has 0 aliphatic heterocycles. The van der Waals surface area contributed by atoms with E-state index >= 15 is 0 Å². The zero-order chi connectivity index (χ0) is 16.9. The maximum absolute atomic E-state index is 12.3. The van der Waals surface area contributed by atoms with Crippen LogP contribution in [-0.4, -0.2) is 30.7 Å². The van der Waals surface area contributed by atoms with Crippen molar-refractivity contribution in [3.63, 3.8) is 0 Å². The second-order valence-corrected chi connectivity index (χ2v) is 5.15. The van der Waals surface area contributed by atoms with Crippen molar-refractivity contribution in [1.82, 2.24) is 19.1 Å². The number of hydrogen-bond acceptors (Lipinski definition) is 3. The van der Waals surface area contributed by atoms with Gasteiger partial charge in [-0.05, 0) is 23.6 Å². The molecule has 3 aromatic heterocycles. The van der Waals surface area contributed by atoms with Gasteiger partial charge in [0.2, 0.25) is 0 Å². The predicted molar refractivity (Wildman–Crippen MR) is 91.0 cm³/mol. The van der Waals surface area contributed by atoms with Crippen molar-refractivity contribution in [1.29, 1.82) is 0 Å². The van der Waals surface area contributed by atoms with Crippen LogP contribution in [0.25, 0.3) is 21.9 Å². The Hall–Kier alpha value is -3.35. The van der Waals surface area contributed by atoms with E-state index in [0.717, 1.165) is 6.54 Å². The first-order valence-electron chi connectivity index (χ1n) is 7.39. The lowest BCUT2D eigenvalue weighted by Crippen LogP contribution is -2.22. The van der Waals surface area contributed by atoms with E-state index in [1.807, 2.05) is 12.1 Å². The first kappa shape index (κ1) is 15.5. The molecule has 4 aromatic rings. The molecule has 1 aromatic carbocycles. The van der Waals surface area contributed by atoms with Crippen molar-refractivity contribution >= 4 is 28.4 Å². The van der Waals surface area contributed by atoms with Crippen molar-refractivity contribution in [2.75, 3.05) is 0 Å². The van der Waals surface area contributed by atoms with Gasteiger partial charge in [0.15, 0.2) is 0 Å². The Morgan fingerprint density at radius 3 is 2.71 bits per heavy atom. The molecular weight excluding hydrogens is 308 g/mol. The van der Waals surface area contributed by atoms with Crippen LogP contribution < -0.4 is 5.56 Å². The lowest BCUT2D eigenvalue weighted by molar-refractivity contribution is -0.122. The van der Waals surface area contributed by atoms with Crippen LogP contribution in [0.4, 0.5) is 0 Å². The Balaban J connectivity index is 0.000000526. The van der Waals surface area contributed by atoms with E-state index in [-0.39, 0.29) is 12.0 Å². The van der Waals surface area contributed by atoms with Crippen molar-refractivity contribution in [2.24, 2.45) is 0 Å². The maximum atomic E-state index is 12.3. The molecule has 7 nitrogen and oxygen atoms in total. The second-order valence-electron chi connectivity index (χ2n) is 5.15. The molecular formula is C17H16N4O3. The van der Waals surface area contributed by atoms with Crippen LogP contribution in [0, 0.1) is 0 Å². The molecule has 0 atom stereocenters. The molecule has 0 spiro atoms. The number of carbonyl (C=O) groups is 1. The fourth-order valence-electron chi connectivity index (χ4n) is 2.68. The third-order valence-electron chi connectivity index (χ3n) is 3.80. The van der Waals surface area contributed by atoms with E-state index in [0.29, 0.717) is 17.6 Å². The van der Waals surface area contributed by atoms with Crippen molar-refractivity contribution in [2.45, 2.75) is 13.1 Å². The van der Waals surface area contributed by atoms with Gasteiger partial charge in [-0.1, -0.05) is 18.2 Å². The second kappa shape index (κ2) is 6.82. The summed E-state index contributed by atoms with van der Waals surface area (Å²) in [5, 5.41) is 8.10. The third-order valence-corrected chi connectivity index (χ3v) is 3.80. The average Bonchev–Trinajstić information content (AvgIpc) is 3.22. The minimum atomic E-state index is -0.250. The molecule has 0 saturated carbocycles. The molecule has 0 amide bonds. The van der Waals surface area contributed by atoms with E-state index in [4.69, 9.17) is 9.90 Å². The number of aromatic nitrogens is 4. The highest BCUT2D eigenvalue weighted by Gasteiger charge is 2.05. The number of para-hydroxylation sites is 1. The highest BCUT2D eigenvalue weighted by atomic mass is 16.3. The molecule has 3 heterocycles. The van der Waals surface area contributed by atoms with Crippen LogP contribution in [0.5, 0.6) is 0 Å². The summed E-state index contributed by atoms with van der Waals surface area (Å²) in [5.41, 5.74) is 2.43. The van der Waals surface area contributed by atoms with Crippen LogP contribution in [0.3, 0.4) is 0 Å². The van der Waals surface area contributed by atoms with Crippen molar-refractivity contribution in [3.05, 3.63) is 65.5 Å². The minimum Gasteiger partial charge on any atom is -0.483 e. The summed E-state index contributed by atoms with van der Waals surface area (Å²) in [6.07, 6.45) is 5.41. The van der Waals surface area contributed by atoms with E-state index in [2.05, 4.69) is 38.9 Å². The summed E-state index contributed by atoms with van der Waals surface area (Å²) in [7, 11) is 0. The average molecular weight is 324 g/mol. The van der Waals surface area contributed by atoms with Crippen LogP contribution in [0.1, 0.15) is 0 Å². The normalized spacial score (nSPS) is 10.5. The van der Waals surface area contributed by atoms with Crippen LogP contribution in [0.2, 0.25) is 0 Å². The smallest absolute Gasteiger partial charge is 0.290 e. The van der Waals surface area contributed by atoms with Gasteiger partial charge in [0, 0.05) is 31.0 Å². The third kappa shape index (κ3) is 2.91. The van der Waals surface area contributed by atoms with Gasteiger partial charge in [-0.2, -0.15) is 0 Å². The summed E-state index contributed by atoms with van der Waals surface area (Å²) >= 11 is 0. The molecule has 24 heavy (non-hydrogen) atoms. The Morgan fingerprint density at radius 2 is 1.88 bits per heavy atom. The van der Waals surface area contributed by atoms with Gasteiger partial charge < -0.3 is 14.7 Å². The van der Waals surface area contributed by atoms with Gasteiger partial charge in [-0.3, -0.25) is 14.2 Å². The van der Waals surface area contributed by atoms with Crippen LogP contribution in [-0.2, 0) is 17.9 Å². The quantitative estimate of drug-likeness (QED) is 0.564. The molecule has 4 rings (SSSR count). The standard InChI is InChI=1S/C16H14N4O.CH2O2/c21-16-15-13(5-7-17-15)18-11-20(16)10-9-19-8-6-12-3-1-2-4-14(12)19;2-1-3/h1-8,11,17H,9-10H2;1H,(H,2,3). The monoisotopic (exact) mass is 324 g/mol. The fraction of sp³-hybridized carbons (Fsp3) is 0.118. The molecule has 122 valence electrons. The Kier molecular flexibility index (Phi) is 4.42. The number of hydrogen-bond donors (Lipinski definition) is 2. The number of fused-ring (bicyclic) bond motifs is 2. The maximum Gasteiger partial charge on any atom is 0.290 e. The highest BCUT2D eigenvalue weighted by Crippen LogP contribution is 2.14. The Morgan fingerprint density at radius 1 is 1.12 bits per heavy atom. The zero-order valence-corrected chi connectivity index (χ0v) is 12.8. The molecule has 7 heteroatoms. The predicted octanol–water partition coefficient (Wildman–Crippen LogP) is 2.08. The van der Waals surface area contributed by atoms with Crippen molar-refractivity contribution < 1.29 is 9.90 Å². The topological polar surface area (TPSA) is 92.9 Å². The lowest BCUT2D eigenvalue weighted by Gasteiger charge is -2.07. The van der Waals surface area contributed by atoms with Gasteiger partial charge in [-0.25, -0.2) is 4.98 Å². The molecule has 0 fully saturated rings. The molecule has 0 aliphatic rings. The first-order chi connectivity index (χ1) is 11.7. The largest absolute Gasteiger partial charge is 0.483 e.